The van der Waals surface area contributed by atoms with Crippen LogP contribution < -0.4 is 10.6 Å². The van der Waals surface area contributed by atoms with Gasteiger partial charge in [0.25, 0.3) is 0 Å². The van der Waals surface area contributed by atoms with Gasteiger partial charge in [-0.1, -0.05) is 55.3 Å². The van der Waals surface area contributed by atoms with Crippen molar-refractivity contribution in [3.8, 4) is 0 Å². The van der Waals surface area contributed by atoms with Crippen LogP contribution in [-0.4, -0.2) is 51.9 Å². The first kappa shape index (κ1) is 20.9. The van der Waals surface area contributed by atoms with Crippen molar-refractivity contribution in [3.05, 3.63) is 48.0 Å². The molecule has 3 amide bonds. The maximum absolute atomic E-state index is 13.9. The van der Waals surface area contributed by atoms with Crippen LogP contribution in [0.1, 0.15) is 51.0 Å². The third-order valence-corrected chi connectivity index (χ3v) is 8.15. The smallest absolute Gasteiger partial charge is 0.246 e. The Morgan fingerprint density at radius 2 is 1.67 bits per heavy atom. The van der Waals surface area contributed by atoms with Crippen molar-refractivity contribution in [1.29, 1.82) is 0 Å². The molecule has 6 rings (SSSR count). The quantitative estimate of drug-likeness (QED) is 0.651. The van der Waals surface area contributed by atoms with Gasteiger partial charge in [0.05, 0.1) is 17.4 Å². The lowest BCUT2D eigenvalue weighted by Gasteiger charge is -2.33. The lowest BCUT2D eigenvalue weighted by molar-refractivity contribution is -0.145. The number of nitrogens with zero attached hydrogens (tertiary/aromatic N) is 1. The number of ether oxygens (including phenoxy) is 1. The highest BCUT2D eigenvalue weighted by Gasteiger charge is 2.76. The average molecular weight is 450 g/mol. The molecule has 2 saturated carbocycles. The van der Waals surface area contributed by atoms with Crippen LogP contribution in [-0.2, 0) is 25.7 Å². The number of hydrogen-bond donors (Lipinski definition) is 2. The Bertz CT molecular complexity index is 1020. The summed E-state index contributed by atoms with van der Waals surface area (Å²) in [6, 6.07) is 9.23. The van der Waals surface area contributed by atoms with E-state index in [0.29, 0.717) is 6.54 Å². The molecule has 1 spiro atoms. The highest BCUT2D eigenvalue weighted by Crippen LogP contribution is 2.60. The molecular weight excluding hydrogens is 418 g/mol. The molecule has 2 bridgehead atoms. The van der Waals surface area contributed by atoms with Gasteiger partial charge < -0.3 is 20.3 Å². The van der Waals surface area contributed by atoms with E-state index in [2.05, 4.69) is 10.6 Å². The fourth-order valence-electron chi connectivity index (χ4n) is 6.45. The van der Waals surface area contributed by atoms with Gasteiger partial charge in [-0.15, -0.1) is 0 Å². The fourth-order valence-corrected chi connectivity index (χ4v) is 6.45. The van der Waals surface area contributed by atoms with Crippen molar-refractivity contribution in [1.82, 2.24) is 15.5 Å². The van der Waals surface area contributed by atoms with Gasteiger partial charge in [0.1, 0.15) is 11.6 Å². The van der Waals surface area contributed by atoms with Crippen LogP contribution in [0.2, 0.25) is 0 Å². The van der Waals surface area contributed by atoms with Gasteiger partial charge in [0, 0.05) is 18.6 Å². The Labute approximate surface area is 193 Å². The standard InChI is InChI=1S/C26H31N3O4/c1-25-13-14-26(33-25)20(19(25)22(30)27-18-11-12-18)24(32)29(15-16-7-3-2-4-8-16)21(26)23(31)28-17-9-5-6-10-17/h2-4,7-8,13-14,17-21H,5-6,9-12,15H2,1H3,(H,27,30)(H,28,31)/t19-,20+,21-,25-,26+/m1/s1. The monoisotopic (exact) mass is 449 g/mol. The Morgan fingerprint density at radius 3 is 2.36 bits per heavy atom. The van der Waals surface area contributed by atoms with Crippen molar-refractivity contribution in [2.24, 2.45) is 11.8 Å². The second-order valence-corrected chi connectivity index (χ2v) is 10.6. The van der Waals surface area contributed by atoms with Crippen LogP contribution in [0.3, 0.4) is 0 Å². The molecule has 3 heterocycles. The van der Waals surface area contributed by atoms with Gasteiger partial charge in [-0.2, -0.15) is 0 Å². The van der Waals surface area contributed by atoms with Crippen molar-refractivity contribution in [2.75, 3.05) is 0 Å². The van der Waals surface area contributed by atoms with Gasteiger partial charge >= 0.3 is 0 Å². The predicted octanol–water partition coefficient (Wildman–Crippen LogP) is 2.06. The second-order valence-electron chi connectivity index (χ2n) is 10.6. The van der Waals surface area contributed by atoms with E-state index in [1.165, 1.54) is 0 Å². The molecule has 1 aromatic rings. The third-order valence-electron chi connectivity index (χ3n) is 8.15. The molecule has 2 saturated heterocycles. The largest absolute Gasteiger partial charge is 0.356 e. The number of rotatable bonds is 6. The highest BCUT2D eigenvalue weighted by atomic mass is 16.5. The lowest BCUT2D eigenvalue weighted by atomic mass is 9.70. The minimum absolute atomic E-state index is 0.133. The minimum atomic E-state index is -1.12. The molecule has 0 unspecified atom stereocenters. The van der Waals surface area contributed by atoms with E-state index >= 15 is 0 Å². The maximum atomic E-state index is 13.9. The summed E-state index contributed by atoms with van der Waals surface area (Å²) in [5.74, 6) is -1.83. The van der Waals surface area contributed by atoms with E-state index in [1.54, 1.807) is 4.90 Å². The SMILES string of the molecule is C[C@]12C=C[C@]3(O1)[C@H](C(=O)N(Cc1ccccc1)[C@@H]3C(=O)NC1CCCC1)[C@@H]2C(=O)NC1CC1. The molecule has 4 fully saturated rings. The Balaban J connectivity index is 1.37. The first-order valence-corrected chi connectivity index (χ1v) is 12.3. The topological polar surface area (TPSA) is 87.7 Å². The summed E-state index contributed by atoms with van der Waals surface area (Å²) >= 11 is 0. The van der Waals surface area contributed by atoms with Crippen molar-refractivity contribution in [3.63, 3.8) is 0 Å². The van der Waals surface area contributed by atoms with Crippen LogP contribution >= 0.6 is 0 Å². The summed E-state index contributed by atoms with van der Waals surface area (Å²) in [6.45, 7) is 2.18. The Hall–Kier alpha value is -2.67. The summed E-state index contributed by atoms with van der Waals surface area (Å²) in [5.41, 5.74) is -1.05. The molecule has 2 N–H and O–H groups in total. The average Bonchev–Trinajstić information content (AvgIpc) is 3.13. The van der Waals surface area contributed by atoms with Gasteiger partial charge in [0.2, 0.25) is 17.7 Å². The maximum Gasteiger partial charge on any atom is 0.246 e. The van der Waals surface area contributed by atoms with Gasteiger partial charge in [-0.25, -0.2) is 0 Å². The molecule has 0 radical (unpaired) electrons. The molecule has 5 aliphatic rings. The van der Waals surface area contributed by atoms with Crippen molar-refractivity contribution in [2.45, 2.75) is 81.3 Å². The van der Waals surface area contributed by atoms with E-state index in [0.717, 1.165) is 44.1 Å². The van der Waals surface area contributed by atoms with Crippen LogP contribution in [0.15, 0.2) is 42.5 Å². The summed E-state index contributed by atoms with van der Waals surface area (Å²) in [4.78, 5) is 42.6. The highest BCUT2D eigenvalue weighted by molar-refractivity contribution is 6.00. The third kappa shape index (κ3) is 3.23. The second kappa shape index (κ2) is 7.42. The zero-order valence-corrected chi connectivity index (χ0v) is 19.0. The van der Waals surface area contributed by atoms with E-state index in [-0.39, 0.29) is 29.8 Å². The zero-order chi connectivity index (χ0) is 22.8. The number of amides is 3. The van der Waals surface area contributed by atoms with Crippen LogP contribution in [0.4, 0.5) is 0 Å². The summed E-state index contributed by atoms with van der Waals surface area (Å²) in [7, 11) is 0. The van der Waals surface area contributed by atoms with E-state index < -0.39 is 29.1 Å². The molecule has 7 heteroatoms. The van der Waals surface area contributed by atoms with Crippen LogP contribution in [0.5, 0.6) is 0 Å². The van der Waals surface area contributed by atoms with Crippen molar-refractivity contribution >= 4 is 17.7 Å². The molecule has 2 aliphatic carbocycles. The van der Waals surface area contributed by atoms with E-state index in [9.17, 15) is 14.4 Å². The number of carbonyl (C=O) groups is 3. The lowest BCUT2D eigenvalue weighted by Crippen LogP contribution is -2.56. The van der Waals surface area contributed by atoms with E-state index in [4.69, 9.17) is 4.74 Å². The Morgan fingerprint density at radius 1 is 1.00 bits per heavy atom. The van der Waals surface area contributed by atoms with Crippen LogP contribution in [0.25, 0.3) is 0 Å². The van der Waals surface area contributed by atoms with Crippen molar-refractivity contribution < 1.29 is 19.1 Å². The molecule has 174 valence electrons. The summed E-state index contributed by atoms with van der Waals surface area (Å²) in [6.07, 6.45) is 9.87. The summed E-state index contributed by atoms with van der Waals surface area (Å²) in [5, 5.41) is 6.28. The normalized spacial score (nSPS) is 36.9. The zero-order valence-electron chi connectivity index (χ0n) is 19.0. The summed E-state index contributed by atoms with van der Waals surface area (Å²) < 4.78 is 6.55. The van der Waals surface area contributed by atoms with Gasteiger partial charge in [-0.05, 0) is 38.2 Å². The number of fused-ring (bicyclic) bond motifs is 1. The number of hydrogen-bond acceptors (Lipinski definition) is 4. The first-order valence-electron chi connectivity index (χ1n) is 12.3. The predicted molar refractivity (Wildman–Crippen MR) is 121 cm³/mol. The molecular formula is C26H31N3O4. The number of nitrogens with one attached hydrogen (secondary N) is 2. The van der Waals surface area contributed by atoms with E-state index in [1.807, 2.05) is 49.4 Å². The molecule has 5 atom stereocenters. The van der Waals surface area contributed by atoms with Gasteiger partial charge in [0.15, 0.2) is 0 Å². The minimum Gasteiger partial charge on any atom is -0.356 e. The first-order chi connectivity index (χ1) is 15.9. The molecule has 1 aromatic carbocycles. The van der Waals surface area contributed by atoms with Gasteiger partial charge in [-0.3, -0.25) is 14.4 Å². The number of benzene rings is 1. The number of carbonyl (C=O) groups excluding carboxylic acids is 3. The van der Waals surface area contributed by atoms with Crippen LogP contribution in [0, 0.1) is 11.8 Å². The fraction of sp³-hybridized carbons (Fsp3) is 0.577. The molecule has 7 nitrogen and oxygen atoms in total. The Kier molecular flexibility index (Phi) is 4.70. The molecule has 3 aliphatic heterocycles. The number of likely N-dealkylation sites (tertiary alicyclic amines) is 1. The molecule has 0 aromatic heterocycles. The molecule has 33 heavy (non-hydrogen) atoms.